The molecular weight excluding hydrogens is 444 g/mol. The number of hydrogen-bond donors (Lipinski definition) is 0. The Labute approximate surface area is 206 Å². The van der Waals surface area contributed by atoms with Crippen molar-refractivity contribution in [2.45, 2.75) is 47.1 Å². The summed E-state index contributed by atoms with van der Waals surface area (Å²) in [5.41, 5.74) is 4.47. The fraction of sp³-hybridized carbons (Fsp3) is 0.321. The van der Waals surface area contributed by atoms with Crippen LogP contribution in [-0.2, 0) is 25.6 Å². The number of ether oxygens (including phenoxy) is 3. The van der Waals surface area contributed by atoms with Gasteiger partial charge in [-0.2, -0.15) is 0 Å². The van der Waals surface area contributed by atoms with Crippen molar-refractivity contribution in [1.82, 2.24) is 9.55 Å². The highest BCUT2D eigenvalue weighted by Crippen LogP contribution is 2.33. The van der Waals surface area contributed by atoms with Crippen molar-refractivity contribution in [3.63, 3.8) is 0 Å². The van der Waals surface area contributed by atoms with E-state index < -0.39 is 11.9 Å². The molecule has 3 rings (SSSR count). The van der Waals surface area contributed by atoms with Gasteiger partial charge in [0.25, 0.3) is 0 Å². The minimum Gasteiger partial charge on any atom is -0.497 e. The fourth-order valence-electron chi connectivity index (χ4n) is 3.87. The molecule has 1 heterocycles. The van der Waals surface area contributed by atoms with Crippen LogP contribution < -0.4 is 4.74 Å². The van der Waals surface area contributed by atoms with Crippen LogP contribution in [0, 0.1) is 6.92 Å². The molecule has 1 aromatic heterocycles. The van der Waals surface area contributed by atoms with Crippen molar-refractivity contribution < 1.29 is 23.8 Å². The van der Waals surface area contributed by atoms with E-state index in [9.17, 15) is 9.59 Å². The van der Waals surface area contributed by atoms with Crippen LogP contribution in [-0.4, -0.2) is 35.2 Å². The van der Waals surface area contributed by atoms with E-state index in [2.05, 4.69) is 18.4 Å². The molecule has 0 spiro atoms. The van der Waals surface area contributed by atoms with Gasteiger partial charge in [-0.15, -0.1) is 0 Å². The third-order valence-electron chi connectivity index (χ3n) is 5.52. The maximum atomic E-state index is 11.8. The summed E-state index contributed by atoms with van der Waals surface area (Å²) in [6.45, 7) is 9.61. The highest BCUT2D eigenvalue weighted by Gasteiger charge is 2.21. The molecule has 0 aliphatic rings. The molecule has 184 valence electrons. The molecule has 2 aromatic carbocycles. The highest BCUT2D eigenvalue weighted by atomic mass is 16.5. The summed E-state index contributed by atoms with van der Waals surface area (Å²) in [5, 5.41) is 0. The average molecular weight is 477 g/mol. The van der Waals surface area contributed by atoms with E-state index in [1.807, 2.05) is 55.5 Å². The Morgan fingerprint density at radius 2 is 1.71 bits per heavy atom. The molecular formula is C28H32N2O5. The van der Waals surface area contributed by atoms with Crippen LogP contribution in [0.5, 0.6) is 5.75 Å². The van der Waals surface area contributed by atoms with Crippen molar-refractivity contribution in [2.75, 3.05) is 13.7 Å². The smallest absolute Gasteiger partial charge is 0.308 e. The number of methoxy groups -OCH3 is 1. The molecule has 0 saturated carbocycles. The van der Waals surface area contributed by atoms with E-state index in [1.165, 1.54) is 13.8 Å². The van der Waals surface area contributed by atoms with Gasteiger partial charge in [0.05, 0.1) is 12.8 Å². The van der Waals surface area contributed by atoms with Crippen molar-refractivity contribution in [3.05, 3.63) is 77.3 Å². The average Bonchev–Trinajstić information content (AvgIpc) is 3.14. The van der Waals surface area contributed by atoms with Crippen molar-refractivity contribution in [2.24, 2.45) is 0 Å². The lowest BCUT2D eigenvalue weighted by molar-refractivity contribution is -0.139. The number of nitrogens with zero attached hydrogens (tertiary/aromatic N) is 2. The molecule has 0 saturated heterocycles. The predicted molar refractivity (Wildman–Crippen MR) is 135 cm³/mol. The van der Waals surface area contributed by atoms with E-state index in [1.54, 1.807) is 13.2 Å². The van der Waals surface area contributed by atoms with E-state index in [0.29, 0.717) is 17.9 Å². The normalized spacial score (nSPS) is 11.5. The van der Waals surface area contributed by atoms with Gasteiger partial charge in [0.2, 0.25) is 0 Å². The van der Waals surface area contributed by atoms with Crippen molar-refractivity contribution in [3.8, 4) is 17.0 Å². The van der Waals surface area contributed by atoms with Crippen LogP contribution >= 0.6 is 0 Å². The highest BCUT2D eigenvalue weighted by molar-refractivity contribution is 5.83. The lowest BCUT2D eigenvalue weighted by Gasteiger charge is -2.14. The number of carbonyl (C=O) groups is 2. The Morgan fingerprint density at radius 1 is 1.03 bits per heavy atom. The first-order valence-corrected chi connectivity index (χ1v) is 11.5. The minimum atomic E-state index is -0.460. The molecule has 0 aliphatic carbocycles. The zero-order chi connectivity index (χ0) is 25.5. The van der Waals surface area contributed by atoms with E-state index in [4.69, 9.17) is 19.2 Å². The fourth-order valence-corrected chi connectivity index (χ4v) is 3.87. The molecule has 35 heavy (non-hydrogen) atoms. The molecule has 3 aromatic rings. The second-order valence-corrected chi connectivity index (χ2v) is 8.50. The van der Waals surface area contributed by atoms with Gasteiger partial charge >= 0.3 is 11.9 Å². The first-order chi connectivity index (χ1) is 16.7. The van der Waals surface area contributed by atoms with Gasteiger partial charge in [0.15, 0.2) is 0 Å². The lowest BCUT2D eigenvalue weighted by Crippen LogP contribution is -2.08. The monoisotopic (exact) mass is 476 g/mol. The summed E-state index contributed by atoms with van der Waals surface area (Å²) in [7, 11) is 1.65. The summed E-state index contributed by atoms with van der Waals surface area (Å²) < 4.78 is 18.1. The van der Waals surface area contributed by atoms with Crippen molar-refractivity contribution in [1.29, 1.82) is 0 Å². The van der Waals surface area contributed by atoms with Gasteiger partial charge in [-0.25, -0.2) is 4.98 Å². The standard InChI is InChI=1S/C28H32N2O5/c1-18(2)28-29-27(19(3)30(28)17-22-11-13-23(33-6)14-12-22)25-10-8-7-9-24(25)26(35-21(5)32)15-16-34-20(4)31/h7-15,18H,16-17H2,1-6H3/b26-15-. The van der Waals surface area contributed by atoms with Gasteiger partial charge in [-0.05, 0) is 30.7 Å². The first-order valence-electron chi connectivity index (χ1n) is 11.5. The Hall–Kier alpha value is -3.87. The number of aromatic nitrogens is 2. The number of hydrogen-bond acceptors (Lipinski definition) is 6. The topological polar surface area (TPSA) is 79.7 Å². The van der Waals surface area contributed by atoms with Gasteiger partial charge in [0.1, 0.15) is 23.9 Å². The third kappa shape index (κ3) is 6.38. The second-order valence-electron chi connectivity index (χ2n) is 8.50. The number of carbonyl (C=O) groups excluding carboxylic acids is 2. The minimum absolute atomic E-state index is 0.00554. The van der Waals surface area contributed by atoms with Gasteiger partial charge in [-0.1, -0.05) is 50.2 Å². The van der Waals surface area contributed by atoms with Gasteiger partial charge < -0.3 is 18.8 Å². The largest absolute Gasteiger partial charge is 0.497 e. The summed E-state index contributed by atoms with van der Waals surface area (Å²) in [4.78, 5) is 28.1. The molecule has 0 unspecified atom stereocenters. The van der Waals surface area contributed by atoms with E-state index >= 15 is 0 Å². The maximum absolute atomic E-state index is 11.8. The van der Waals surface area contributed by atoms with E-state index in [0.717, 1.165) is 34.1 Å². The molecule has 0 atom stereocenters. The number of imidazole rings is 1. The number of esters is 2. The quantitative estimate of drug-likeness (QED) is 0.299. The molecule has 7 nitrogen and oxygen atoms in total. The summed E-state index contributed by atoms with van der Waals surface area (Å²) in [5.74, 6) is 1.42. The zero-order valence-corrected chi connectivity index (χ0v) is 21.1. The van der Waals surface area contributed by atoms with Crippen LogP contribution in [0.3, 0.4) is 0 Å². The molecule has 7 heteroatoms. The van der Waals surface area contributed by atoms with Crippen LogP contribution in [0.25, 0.3) is 17.0 Å². The Balaban J connectivity index is 2.08. The summed E-state index contributed by atoms with van der Waals surface area (Å²) in [6, 6.07) is 15.6. The maximum Gasteiger partial charge on any atom is 0.308 e. The second kappa shape index (κ2) is 11.5. The molecule has 0 amide bonds. The third-order valence-corrected chi connectivity index (χ3v) is 5.52. The molecule has 0 bridgehead atoms. The lowest BCUT2D eigenvalue weighted by atomic mass is 10.0. The SMILES string of the molecule is COc1ccc(Cn2c(C(C)C)nc(-c3ccccc3/C(=C/COC(C)=O)OC(C)=O)c2C)cc1. The Bertz CT molecular complexity index is 1220. The van der Waals surface area contributed by atoms with Crippen LogP contribution in [0.15, 0.2) is 54.6 Å². The first kappa shape index (κ1) is 25.7. The molecule has 0 radical (unpaired) electrons. The zero-order valence-electron chi connectivity index (χ0n) is 21.1. The Kier molecular flexibility index (Phi) is 8.47. The van der Waals surface area contributed by atoms with Crippen LogP contribution in [0.2, 0.25) is 0 Å². The Morgan fingerprint density at radius 3 is 2.31 bits per heavy atom. The number of benzene rings is 2. The molecule has 0 fully saturated rings. The summed E-state index contributed by atoms with van der Waals surface area (Å²) >= 11 is 0. The number of rotatable bonds is 9. The predicted octanol–water partition coefficient (Wildman–Crippen LogP) is 5.51. The van der Waals surface area contributed by atoms with E-state index in [-0.39, 0.29) is 12.5 Å². The van der Waals surface area contributed by atoms with Gasteiger partial charge in [0, 0.05) is 43.1 Å². The molecule has 0 aliphatic heterocycles. The van der Waals surface area contributed by atoms with Crippen LogP contribution in [0.4, 0.5) is 0 Å². The van der Waals surface area contributed by atoms with Gasteiger partial charge in [-0.3, -0.25) is 9.59 Å². The molecule has 0 N–H and O–H groups in total. The van der Waals surface area contributed by atoms with Crippen LogP contribution in [0.1, 0.15) is 56.3 Å². The summed E-state index contributed by atoms with van der Waals surface area (Å²) in [6.07, 6.45) is 1.59. The van der Waals surface area contributed by atoms with Crippen molar-refractivity contribution >= 4 is 17.7 Å².